The van der Waals surface area contributed by atoms with Crippen LogP contribution in [0.15, 0.2) is 0 Å². The number of hydrogen-bond donors (Lipinski definition) is 2. The van der Waals surface area contributed by atoms with Crippen molar-refractivity contribution in [3.8, 4) is 0 Å². The predicted molar refractivity (Wildman–Crippen MR) is 60.8 cm³/mol. The van der Waals surface area contributed by atoms with E-state index in [0.717, 1.165) is 36.8 Å². The van der Waals surface area contributed by atoms with Crippen LogP contribution in [0, 0.1) is 0 Å². The predicted octanol–water partition coefficient (Wildman–Crippen LogP) is 1.45. The van der Waals surface area contributed by atoms with Gasteiger partial charge in [-0.25, -0.2) is 4.98 Å². The molecule has 0 aromatic carbocycles. The van der Waals surface area contributed by atoms with Gasteiger partial charge in [-0.2, -0.15) is 0 Å². The smallest absolute Gasteiger partial charge is 0.309 e. The van der Waals surface area contributed by atoms with Gasteiger partial charge in [-0.3, -0.25) is 4.79 Å². The minimum atomic E-state index is -0.796. The molecule has 2 rings (SSSR count). The molecule has 0 amide bonds. The van der Waals surface area contributed by atoms with Crippen LogP contribution < -0.4 is 5.32 Å². The molecule has 1 aliphatic heterocycles. The number of carboxylic acid groups (broad SMARTS) is 1. The van der Waals surface area contributed by atoms with E-state index in [9.17, 15) is 4.79 Å². The fraction of sp³-hybridized carbons (Fsp3) is 0.636. The third kappa shape index (κ3) is 1.89. The Morgan fingerprint density at radius 3 is 3.00 bits per heavy atom. The zero-order valence-electron chi connectivity index (χ0n) is 9.66. The first kappa shape index (κ1) is 11.0. The number of nitrogens with one attached hydrogen (secondary N) is 1. The molecule has 0 saturated carbocycles. The summed E-state index contributed by atoms with van der Waals surface area (Å²) >= 11 is 0. The Hall–Kier alpha value is -1.52. The molecule has 2 heterocycles. The number of anilines is 1. The summed E-state index contributed by atoms with van der Waals surface area (Å²) in [5.74, 6) is 0.288. The maximum absolute atomic E-state index is 10.9. The number of rotatable bonds is 3. The number of fused-ring (bicyclic) bond motifs is 1. The molecule has 0 spiro atoms. The van der Waals surface area contributed by atoms with Crippen molar-refractivity contribution in [3.63, 3.8) is 0 Å². The summed E-state index contributed by atoms with van der Waals surface area (Å²) in [6.07, 6.45) is 1.08. The molecule has 16 heavy (non-hydrogen) atoms. The Labute approximate surface area is 94.5 Å². The summed E-state index contributed by atoms with van der Waals surface area (Å²) in [6.45, 7) is 5.87. The van der Waals surface area contributed by atoms with Gasteiger partial charge in [0.2, 0.25) is 5.95 Å². The van der Waals surface area contributed by atoms with Crippen molar-refractivity contribution in [1.29, 1.82) is 0 Å². The number of carboxylic acids is 1. The van der Waals surface area contributed by atoms with E-state index >= 15 is 0 Å². The Morgan fingerprint density at radius 1 is 1.62 bits per heavy atom. The van der Waals surface area contributed by atoms with E-state index in [4.69, 9.17) is 5.11 Å². The molecule has 1 aromatic rings. The van der Waals surface area contributed by atoms with Crippen LogP contribution in [0.3, 0.4) is 0 Å². The number of carbonyl (C=O) groups is 1. The van der Waals surface area contributed by atoms with Crippen molar-refractivity contribution >= 4 is 11.9 Å². The Bertz CT molecular complexity index is 410. The van der Waals surface area contributed by atoms with Gasteiger partial charge in [0, 0.05) is 13.1 Å². The highest BCUT2D eigenvalue weighted by atomic mass is 16.4. The highest BCUT2D eigenvalue weighted by Gasteiger charge is 2.22. The van der Waals surface area contributed by atoms with Gasteiger partial charge in [0.1, 0.15) is 0 Å². The fourth-order valence-corrected chi connectivity index (χ4v) is 2.11. The maximum Gasteiger partial charge on any atom is 0.309 e. The lowest BCUT2D eigenvalue weighted by Gasteiger charge is -2.17. The zero-order valence-corrected chi connectivity index (χ0v) is 9.66. The average Bonchev–Trinajstić information content (AvgIpc) is 2.57. The SMILES string of the molecule is CC(C)c1nc2n(c1CC(=O)O)CCCN2. The lowest BCUT2D eigenvalue weighted by Crippen LogP contribution is -2.20. The van der Waals surface area contributed by atoms with Crippen molar-refractivity contribution < 1.29 is 9.90 Å². The number of imidazole rings is 1. The van der Waals surface area contributed by atoms with Gasteiger partial charge < -0.3 is 15.0 Å². The second-order valence-corrected chi connectivity index (χ2v) is 4.42. The largest absolute Gasteiger partial charge is 0.481 e. The molecule has 0 fully saturated rings. The zero-order chi connectivity index (χ0) is 11.7. The van der Waals surface area contributed by atoms with Gasteiger partial charge in [0.05, 0.1) is 17.8 Å². The third-order valence-corrected chi connectivity index (χ3v) is 2.81. The average molecular weight is 223 g/mol. The molecule has 0 radical (unpaired) electrons. The molecule has 1 aromatic heterocycles. The molecular weight excluding hydrogens is 206 g/mol. The molecule has 2 N–H and O–H groups in total. The summed E-state index contributed by atoms with van der Waals surface area (Å²) in [7, 11) is 0. The summed E-state index contributed by atoms with van der Waals surface area (Å²) < 4.78 is 2.01. The number of hydrogen-bond acceptors (Lipinski definition) is 3. The lowest BCUT2D eigenvalue weighted by atomic mass is 10.1. The first-order valence-corrected chi connectivity index (χ1v) is 5.64. The van der Waals surface area contributed by atoms with E-state index < -0.39 is 5.97 Å². The van der Waals surface area contributed by atoms with Gasteiger partial charge in [-0.05, 0) is 12.3 Å². The maximum atomic E-state index is 10.9. The molecule has 0 unspecified atom stereocenters. The van der Waals surface area contributed by atoms with Crippen LogP contribution in [-0.2, 0) is 17.8 Å². The Morgan fingerprint density at radius 2 is 2.38 bits per heavy atom. The van der Waals surface area contributed by atoms with Gasteiger partial charge in [-0.15, -0.1) is 0 Å². The van der Waals surface area contributed by atoms with Crippen LogP contribution in [0.2, 0.25) is 0 Å². The standard InChI is InChI=1S/C11H17N3O2/c1-7(2)10-8(6-9(15)16)14-5-3-4-12-11(14)13-10/h7H,3-6H2,1-2H3,(H,12,13)(H,15,16). The number of aromatic nitrogens is 2. The van der Waals surface area contributed by atoms with E-state index in [1.807, 2.05) is 18.4 Å². The van der Waals surface area contributed by atoms with E-state index in [1.54, 1.807) is 0 Å². The van der Waals surface area contributed by atoms with Crippen LogP contribution >= 0.6 is 0 Å². The van der Waals surface area contributed by atoms with Gasteiger partial charge in [0.25, 0.3) is 0 Å². The van der Waals surface area contributed by atoms with Crippen LogP contribution in [0.5, 0.6) is 0 Å². The topological polar surface area (TPSA) is 67.2 Å². The molecule has 0 bridgehead atoms. The molecule has 88 valence electrons. The monoisotopic (exact) mass is 223 g/mol. The molecule has 5 heteroatoms. The lowest BCUT2D eigenvalue weighted by molar-refractivity contribution is -0.136. The molecule has 1 aliphatic rings. The Balaban J connectivity index is 2.44. The van der Waals surface area contributed by atoms with Gasteiger partial charge in [-0.1, -0.05) is 13.8 Å². The second kappa shape index (κ2) is 4.15. The van der Waals surface area contributed by atoms with Crippen molar-refractivity contribution in [2.24, 2.45) is 0 Å². The van der Waals surface area contributed by atoms with Crippen LogP contribution in [-0.4, -0.2) is 27.2 Å². The van der Waals surface area contributed by atoms with Crippen LogP contribution in [0.4, 0.5) is 5.95 Å². The summed E-state index contributed by atoms with van der Waals surface area (Å²) in [4.78, 5) is 15.4. The minimum Gasteiger partial charge on any atom is -0.481 e. The highest BCUT2D eigenvalue weighted by molar-refractivity contribution is 5.70. The number of nitrogens with zero attached hydrogens (tertiary/aromatic N) is 2. The summed E-state index contributed by atoms with van der Waals surface area (Å²) in [5.41, 5.74) is 1.76. The highest BCUT2D eigenvalue weighted by Crippen LogP contribution is 2.25. The first-order valence-electron chi connectivity index (χ1n) is 5.64. The van der Waals surface area contributed by atoms with E-state index in [2.05, 4.69) is 10.3 Å². The van der Waals surface area contributed by atoms with E-state index in [1.165, 1.54) is 0 Å². The molecule has 0 saturated heterocycles. The van der Waals surface area contributed by atoms with Crippen molar-refractivity contribution in [2.45, 2.75) is 39.2 Å². The van der Waals surface area contributed by atoms with Crippen LogP contribution in [0.25, 0.3) is 0 Å². The first-order chi connectivity index (χ1) is 7.59. The number of aliphatic carboxylic acids is 1. The minimum absolute atomic E-state index is 0.0577. The van der Waals surface area contributed by atoms with Crippen molar-refractivity contribution in [1.82, 2.24) is 9.55 Å². The summed E-state index contributed by atoms with van der Waals surface area (Å²) in [6, 6.07) is 0. The molecule has 0 atom stereocenters. The third-order valence-electron chi connectivity index (χ3n) is 2.81. The van der Waals surface area contributed by atoms with E-state index in [0.29, 0.717) is 0 Å². The molecule has 0 aliphatic carbocycles. The van der Waals surface area contributed by atoms with Crippen LogP contribution in [0.1, 0.15) is 37.6 Å². The fourth-order valence-electron chi connectivity index (χ4n) is 2.11. The van der Waals surface area contributed by atoms with Crippen molar-refractivity contribution in [2.75, 3.05) is 11.9 Å². The molecule has 5 nitrogen and oxygen atoms in total. The normalized spacial score (nSPS) is 14.7. The second-order valence-electron chi connectivity index (χ2n) is 4.42. The molecular formula is C11H17N3O2. The van der Waals surface area contributed by atoms with E-state index in [-0.39, 0.29) is 12.3 Å². The summed E-state index contributed by atoms with van der Waals surface area (Å²) in [5, 5.41) is 12.1. The quantitative estimate of drug-likeness (QED) is 0.813. The van der Waals surface area contributed by atoms with Crippen molar-refractivity contribution in [3.05, 3.63) is 11.4 Å². The Kier molecular flexibility index (Phi) is 2.85. The van der Waals surface area contributed by atoms with Gasteiger partial charge >= 0.3 is 5.97 Å². The van der Waals surface area contributed by atoms with Gasteiger partial charge in [0.15, 0.2) is 0 Å².